The minimum atomic E-state index is -0.00694. The molecule has 0 amide bonds. The Morgan fingerprint density at radius 2 is 2.50 bits per heavy atom. The summed E-state index contributed by atoms with van der Waals surface area (Å²) in [5.41, 5.74) is 2.76. The minimum absolute atomic E-state index is 0.00694. The molecule has 0 aliphatic rings. The van der Waals surface area contributed by atoms with Crippen LogP contribution in [0, 0.1) is 18.3 Å². The Kier molecular flexibility index (Phi) is 2.03. The van der Waals surface area contributed by atoms with E-state index in [1.807, 2.05) is 13.8 Å². The number of nitrogens with zero attached hydrogens (tertiary/aromatic N) is 2. The number of hydrogen-bond acceptors (Lipinski definition) is 3. The summed E-state index contributed by atoms with van der Waals surface area (Å²) in [5, 5.41) is 8.56. The largest absolute Gasteiger partial charge is 0.250 e. The molecular weight excluding hydrogens is 144 g/mol. The van der Waals surface area contributed by atoms with Gasteiger partial charge in [0.05, 0.1) is 23.2 Å². The lowest BCUT2D eigenvalue weighted by molar-refractivity contribution is 0.983. The minimum Gasteiger partial charge on any atom is -0.250 e. The average molecular weight is 152 g/mol. The molecule has 1 heterocycles. The maximum Gasteiger partial charge on any atom is 0.0798 e. The summed E-state index contributed by atoms with van der Waals surface area (Å²) in [6.45, 7) is 3.82. The first-order chi connectivity index (χ1) is 4.75. The number of aromatic nitrogens is 1. The van der Waals surface area contributed by atoms with Crippen molar-refractivity contribution in [2.75, 3.05) is 0 Å². The second kappa shape index (κ2) is 2.80. The topological polar surface area (TPSA) is 36.7 Å². The number of thiazole rings is 1. The van der Waals surface area contributed by atoms with E-state index >= 15 is 0 Å². The van der Waals surface area contributed by atoms with Crippen molar-refractivity contribution in [1.29, 1.82) is 5.26 Å². The highest BCUT2D eigenvalue weighted by atomic mass is 32.1. The number of aryl methyl sites for hydroxylation is 1. The zero-order chi connectivity index (χ0) is 7.56. The van der Waals surface area contributed by atoms with Gasteiger partial charge in [0.25, 0.3) is 0 Å². The fourth-order valence-electron chi connectivity index (χ4n) is 0.785. The van der Waals surface area contributed by atoms with Crippen LogP contribution in [0.1, 0.15) is 23.4 Å². The van der Waals surface area contributed by atoms with E-state index in [4.69, 9.17) is 5.26 Å². The van der Waals surface area contributed by atoms with Crippen molar-refractivity contribution in [3.05, 3.63) is 16.1 Å². The molecule has 10 heavy (non-hydrogen) atoms. The second-order valence-corrected chi connectivity index (χ2v) is 3.04. The third kappa shape index (κ3) is 1.17. The van der Waals surface area contributed by atoms with Crippen molar-refractivity contribution >= 4 is 11.3 Å². The third-order valence-corrected chi connectivity index (χ3v) is 2.48. The molecule has 3 heteroatoms. The van der Waals surface area contributed by atoms with Crippen molar-refractivity contribution in [2.24, 2.45) is 0 Å². The Labute approximate surface area is 64.1 Å². The van der Waals surface area contributed by atoms with Gasteiger partial charge in [-0.3, -0.25) is 0 Å². The molecule has 1 rings (SSSR count). The summed E-state index contributed by atoms with van der Waals surface area (Å²) in [7, 11) is 0. The van der Waals surface area contributed by atoms with E-state index in [0.717, 1.165) is 10.6 Å². The molecule has 0 spiro atoms. The van der Waals surface area contributed by atoms with Crippen LogP contribution < -0.4 is 0 Å². The Bertz CT molecular complexity index is 259. The maximum atomic E-state index is 8.56. The zero-order valence-electron chi connectivity index (χ0n) is 5.96. The van der Waals surface area contributed by atoms with E-state index in [1.165, 1.54) is 0 Å². The highest BCUT2D eigenvalue weighted by Gasteiger charge is 2.08. The first-order valence-corrected chi connectivity index (χ1v) is 3.93. The zero-order valence-corrected chi connectivity index (χ0v) is 6.77. The molecule has 0 N–H and O–H groups in total. The smallest absolute Gasteiger partial charge is 0.0798 e. The molecule has 1 aromatic rings. The van der Waals surface area contributed by atoms with Crippen molar-refractivity contribution in [1.82, 2.24) is 4.98 Å². The SMILES string of the molecule is Cc1ncsc1C(C)C#N. The predicted molar refractivity (Wildman–Crippen MR) is 40.9 cm³/mol. The first-order valence-electron chi connectivity index (χ1n) is 3.05. The predicted octanol–water partition coefficient (Wildman–Crippen LogP) is 2.08. The Morgan fingerprint density at radius 3 is 2.90 bits per heavy atom. The molecule has 0 aliphatic carbocycles. The maximum absolute atomic E-state index is 8.56. The van der Waals surface area contributed by atoms with Gasteiger partial charge in [0.2, 0.25) is 0 Å². The van der Waals surface area contributed by atoms with Crippen molar-refractivity contribution < 1.29 is 0 Å². The Morgan fingerprint density at radius 1 is 1.80 bits per heavy atom. The van der Waals surface area contributed by atoms with E-state index in [-0.39, 0.29) is 5.92 Å². The lowest BCUT2D eigenvalue weighted by atomic mass is 10.1. The Balaban J connectivity index is 2.96. The van der Waals surface area contributed by atoms with Crippen LogP contribution in [0.4, 0.5) is 0 Å². The van der Waals surface area contributed by atoms with Crippen LogP contribution in [0.25, 0.3) is 0 Å². The number of nitriles is 1. The standard InChI is InChI=1S/C7H8N2S/c1-5(3-8)7-6(2)9-4-10-7/h4-5H,1-2H3. The molecule has 0 fully saturated rings. The van der Waals surface area contributed by atoms with Gasteiger partial charge in [-0.05, 0) is 13.8 Å². The molecule has 1 aromatic heterocycles. The summed E-state index contributed by atoms with van der Waals surface area (Å²) in [5.74, 6) is -0.00694. The summed E-state index contributed by atoms with van der Waals surface area (Å²) in [6, 6.07) is 2.18. The number of hydrogen-bond donors (Lipinski definition) is 0. The molecule has 0 aromatic carbocycles. The normalized spacial score (nSPS) is 12.5. The van der Waals surface area contributed by atoms with Gasteiger partial charge >= 0.3 is 0 Å². The molecule has 52 valence electrons. The molecule has 0 saturated heterocycles. The van der Waals surface area contributed by atoms with Gasteiger partial charge in [-0.15, -0.1) is 11.3 Å². The van der Waals surface area contributed by atoms with Gasteiger partial charge in [0, 0.05) is 4.88 Å². The highest BCUT2D eigenvalue weighted by Crippen LogP contribution is 2.21. The molecule has 0 saturated carbocycles. The van der Waals surface area contributed by atoms with E-state index in [9.17, 15) is 0 Å². The van der Waals surface area contributed by atoms with E-state index in [0.29, 0.717) is 0 Å². The van der Waals surface area contributed by atoms with Crippen LogP contribution in [0.2, 0.25) is 0 Å². The quantitative estimate of drug-likeness (QED) is 0.617. The summed E-state index contributed by atoms with van der Waals surface area (Å²) in [6.07, 6.45) is 0. The van der Waals surface area contributed by atoms with Crippen molar-refractivity contribution in [3.8, 4) is 6.07 Å². The fourth-order valence-corrected chi connectivity index (χ4v) is 1.59. The lowest BCUT2D eigenvalue weighted by Gasteiger charge is -1.96. The van der Waals surface area contributed by atoms with Gasteiger partial charge < -0.3 is 0 Å². The number of rotatable bonds is 1. The second-order valence-electron chi connectivity index (χ2n) is 2.15. The van der Waals surface area contributed by atoms with Crippen LogP contribution in [0.3, 0.4) is 0 Å². The Hall–Kier alpha value is -0.880. The molecule has 2 nitrogen and oxygen atoms in total. The van der Waals surface area contributed by atoms with Crippen molar-refractivity contribution in [3.63, 3.8) is 0 Å². The molecule has 0 bridgehead atoms. The summed E-state index contributed by atoms with van der Waals surface area (Å²) < 4.78 is 0. The van der Waals surface area contributed by atoms with Gasteiger partial charge in [-0.2, -0.15) is 5.26 Å². The molecule has 0 radical (unpaired) electrons. The molecular formula is C7H8N2S. The lowest BCUT2D eigenvalue weighted by Crippen LogP contribution is -1.87. The third-order valence-electron chi connectivity index (χ3n) is 1.37. The van der Waals surface area contributed by atoms with Crippen LogP contribution >= 0.6 is 11.3 Å². The van der Waals surface area contributed by atoms with E-state index in [1.54, 1.807) is 16.8 Å². The van der Waals surface area contributed by atoms with Crippen LogP contribution in [0.5, 0.6) is 0 Å². The van der Waals surface area contributed by atoms with Gasteiger partial charge in [0.15, 0.2) is 0 Å². The van der Waals surface area contributed by atoms with Gasteiger partial charge in [-0.25, -0.2) is 4.98 Å². The van der Waals surface area contributed by atoms with E-state index in [2.05, 4.69) is 11.1 Å². The molecule has 1 atom stereocenters. The molecule has 1 unspecified atom stereocenters. The van der Waals surface area contributed by atoms with Gasteiger partial charge in [-0.1, -0.05) is 0 Å². The van der Waals surface area contributed by atoms with Crippen LogP contribution in [-0.4, -0.2) is 4.98 Å². The van der Waals surface area contributed by atoms with Crippen LogP contribution in [0.15, 0.2) is 5.51 Å². The molecule has 0 aliphatic heterocycles. The fraction of sp³-hybridized carbons (Fsp3) is 0.429. The average Bonchev–Trinajstić information content (AvgIpc) is 2.34. The van der Waals surface area contributed by atoms with Gasteiger partial charge in [0.1, 0.15) is 0 Å². The summed E-state index contributed by atoms with van der Waals surface area (Å²) in [4.78, 5) is 5.14. The monoisotopic (exact) mass is 152 g/mol. The van der Waals surface area contributed by atoms with Crippen LogP contribution in [-0.2, 0) is 0 Å². The first kappa shape index (κ1) is 7.23. The van der Waals surface area contributed by atoms with E-state index < -0.39 is 0 Å². The summed E-state index contributed by atoms with van der Waals surface area (Å²) >= 11 is 1.55. The highest BCUT2D eigenvalue weighted by molar-refractivity contribution is 7.09. The van der Waals surface area contributed by atoms with Crippen molar-refractivity contribution in [2.45, 2.75) is 19.8 Å².